The van der Waals surface area contributed by atoms with Gasteiger partial charge in [-0.25, -0.2) is 4.79 Å². The summed E-state index contributed by atoms with van der Waals surface area (Å²) >= 11 is 0. The Morgan fingerprint density at radius 3 is 2.61 bits per heavy atom. The van der Waals surface area contributed by atoms with Gasteiger partial charge >= 0.3 is 5.97 Å². The maximum atomic E-state index is 12.0. The van der Waals surface area contributed by atoms with E-state index in [2.05, 4.69) is 10.1 Å². The molecule has 0 saturated heterocycles. The Hall–Kier alpha value is -3.29. The van der Waals surface area contributed by atoms with E-state index in [-0.39, 0.29) is 11.5 Å². The minimum atomic E-state index is -0.638. The molecule has 0 spiro atoms. The van der Waals surface area contributed by atoms with Crippen LogP contribution < -0.4 is 5.73 Å². The highest BCUT2D eigenvalue weighted by Gasteiger charge is 2.18. The summed E-state index contributed by atoms with van der Waals surface area (Å²) < 4.78 is 0. The van der Waals surface area contributed by atoms with E-state index in [1.807, 2.05) is 0 Å². The molecule has 0 radical (unpaired) electrons. The van der Waals surface area contributed by atoms with E-state index in [9.17, 15) is 14.9 Å². The normalized spacial score (nSPS) is 12.5. The van der Waals surface area contributed by atoms with Crippen LogP contribution in [0.2, 0.25) is 0 Å². The van der Waals surface area contributed by atoms with Crippen LogP contribution in [-0.4, -0.2) is 21.7 Å². The summed E-state index contributed by atoms with van der Waals surface area (Å²) in [6.45, 7) is 1.61. The molecule has 0 aliphatic heterocycles. The molecule has 0 aliphatic rings. The largest absolute Gasteiger partial charge is 0.380 e. The number of amidine groups is 1. The van der Waals surface area contributed by atoms with Gasteiger partial charge in [0, 0.05) is 30.1 Å². The predicted octanol–water partition coefficient (Wildman–Crippen LogP) is 1.96. The highest BCUT2D eigenvalue weighted by Crippen LogP contribution is 2.20. The number of hydrogen-bond donors (Lipinski definition) is 1. The molecule has 1 aromatic heterocycles. The zero-order valence-electron chi connectivity index (χ0n) is 12.2. The number of nitrogens with two attached hydrogens (primary N) is 1. The Morgan fingerprint density at radius 1 is 1.35 bits per heavy atom. The molecule has 118 valence electrons. The Labute approximate surface area is 131 Å². The van der Waals surface area contributed by atoms with Gasteiger partial charge in [0.2, 0.25) is 0 Å². The van der Waals surface area contributed by atoms with Crippen molar-refractivity contribution in [3.63, 3.8) is 0 Å². The van der Waals surface area contributed by atoms with Crippen molar-refractivity contribution in [2.24, 2.45) is 10.9 Å². The fourth-order valence-corrected chi connectivity index (χ4v) is 1.76. The molecule has 8 heteroatoms. The molecule has 8 nitrogen and oxygen atoms in total. The number of rotatable bonds is 5. The third-order valence-corrected chi connectivity index (χ3v) is 3.15. The quantitative estimate of drug-likeness (QED) is 0.296. The second-order valence-electron chi connectivity index (χ2n) is 4.70. The third kappa shape index (κ3) is 4.10. The maximum Gasteiger partial charge on any atom is 0.342 e. The van der Waals surface area contributed by atoms with Crippen LogP contribution in [0.15, 0.2) is 53.9 Å². The highest BCUT2D eigenvalue weighted by molar-refractivity contribution is 5.97. The SMILES string of the molecule is C[C@@H](C(=O)O/N=C(/N)c1cccnc1)c1ccc([N+](=O)[O-])cc1. The molecule has 0 aliphatic carbocycles. The molecule has 2 N–H and O–H groups in total. The Bertz CT molecular complexity index is 729. The molecule has 0 unspecified atom stereocenters. The maximum absolute atomic E-state index is 12.0. The molecule has 0 saturated carbocycles. The van der Waals surface area contributed by atoms with Crippen molar-refractivity contribution in [3.05, 3.63) is 70.0 Å². The second-order valence-corrected chi connectivity index (χ2v) is 4.70. The number of carbonyl (C=O) groups is 1. The van der Waals surface area contributed by atoms with E-state index in [0.717, 1.165) is 0 Å². The van der Waals surface area contributed by atoms with E-state index in [1.165, 1.54) is 30.5 Å². The number of benzene rings is 1. The molecular weight excluding hydrogens is 300 g/mol. The predicted molar refractivity (Wildman–Crippen MR) is 82.6 cm³/mol. The van der Waals surface area contributed by atoms with Crippen molar-refractivity contribution in [2.45, 2.75) is 12.8 Å². The zero-order chi connectivity index (χ0) is 16.8. The number of carbonyl (C=O) groups excluding carboxylic acids is 1. The minimum Gasteiger partial charge on any atom is -0.380 e. The summed E-state index contributed by atoms with van der Waals surface area (Å²) in [4.78, 5) is 30.8. The van der Waals surface area contributed by atoms with Crippen molar-refractivity contribution in [2.75, 3.05) is 0 Å². The molecule has 0 fully saturated rings. The van der Waals surface area contributed by atoms with Crippen molar-refractivity contribution >= 4 is 17.5 Å². The average molecular weight is 314 g/mol. The van der Waals surface area contributed by atoms with Crippen molar-refractivity contribution in [3.8, 4) is 0 Å². The summed E-state index contributed by atoms with van der Waals surface area (Å²) in [5.41, 5.74) is 6.76. The van der Waals surface area contributed by atoms with Gasteiger partial charge in [-0.1, -0.05) is 17.3 Å². The Morgan fingerprint density at radius 2 is 2.04 bits per heavy atom. The number of nitro benzene ring substituents is 1. The first-order valence-corrected chi connectivity index (χ1v) is 6.68. The first-order chi connectivity index (χ1) is 11.0. The topological polar surface area (TPSA) is 121 Å². The van der Waals surface area contributed by atoms with E-state index >= 15 is 0 Å². The van der Waals surface area contributed by atoms with Crippen LogP contribution in [0, 0.1) is 10.1 Å². The average Bonchev–Trinajstić information content (AvgIpc) is 2.59. The van der Waals surface area contributed by atoms with Crippen LogP contribution in [0.1, 0.15) is 24.0 Å². The summed E-state index contributed by atoms with van der Waals surface area (Å²) in [6.07, 6.45) is 3.08. The number of pyridine rings is 1. The lowest BCUT2D eigenvalue weighted by Gasteiger charge is -2.08. The lowest BCUT2D eigenvalue weighted by Crippen LogP contribution is -2.17. The fourth-order valence-electron chi connectivity index (χ4n) is 1.76. The summed E-state index contributed by atoms with van der Waals surface area (Å²) in [5.74, 6) is -1.23. The van der Waals surface area contributed by atoms with Crippen molar-refractivity contribution < 1.29 is 14.6 Å². The molecule has 0 bridgehead atoms. The van der Waals surface area contributed by atoms with Gasteiger partial charge in [-0.05, 0) is 24.6 Å². The molecule has 1 atom stereocenters. The Kier molecular flexibility index (Phi) is 4.98. The molecule has 2 rings (SSSR count). The van der Waals surface area contributed by atoms with Crippen LogP contribution in [0.3, 0.4) is 0 Å². The van der Waals surface area contributed by atoms with Gasteiger partial charge in [0.15, 0.2) is 5.84 Å². The molecule has 23 heavy (non-hydrogen) atoms. The monoisotopic (exact) mass is 314 g/mol. The first-order valence-electron chi connectivity index (χ1n) is 6.68. The lowest BCUT2D eigenvalue weighted by molar-refractivity contribution is -0.384. The van der Waals surface area contributed by atoms with Crippen LogP contribution in [-0.2, 0) is 9.63 Å². The molecule has 1 heterocycles. The fraction of sp³-hybridized carbons (Fsp3) is 0.133. The van der Waals surface area contributed by atoms with Gasteiger partial charge in [0.25, 0.3) is 5.69 Å². The van der Waals surface area contributed by atoms with Gasteiger partial charge in [-0.2, -0.15) is 0 Å². The van der Waals surface area contributed by atoms with Gasteiger partial charge in [0.1, 0.15) is 0 Å². The highest BCUT2D eigenvalue weighted by atomic mass is 16.7. The summed E-state index contributed by atoms with van der Waals surface area (Å²) in [5, 5.41) is 14.2. The van der Waals surface area contributed by atoms with Crippen LogP contribution >= 0.6 is 0 Å². The number of non-ortho nitro benzene ring substituents is 1. The number of nitro groups is 1. The third-order valence-electron chi connectivity index (χ3n) is 3.15. The summed E-state index contributed by atoms with van der Waals surface area (Å²) in [7, 11) is 0. The number of hydrogen-bond acceptors (Lipinski definition) is 6. The first kappa shape index (κ1) is 16.1. The lowest BCUT2D eigenvalue weighted by atomic mass is 10.0. The summed E-state index contributed by atoms with van der Waals surface area (Å²) in [6, 6.07) is 9.01. The molecule has 1 aromatic carbocycles. The van der Waals surface area contributed by atoms with Gasteiger partial charge < -0.3 is 10.6 Å². The van der Waals surface area contributed by atoms with E-state index in [1.54, 1.807) is 25.3 Å². The smallest absolute Gasteiger partial charge is 0.342 e. The number of aromatic nitrogens is 1. The van der Waals surface area contributed by atoms with Crippen molar-refractivity contribution in [1.82, 2.24) is 4.98 Å². The van der Waals surface area contributed by atoms with Gasteiger partial charge in [-0.15, -0.1) is 0 Å². The Balaban J connectivity index is 2.04. The number of nitrogens with zero attached hydrogens (tertiary/aromatic N) is 3. The minimum absolute atomic E-state index is 0.0300. The van der Waals surface area contributed by atoms with Crippen LogP contribution in [0.4, 0.5) is 5.69 Å². The second kappa shape index (κ2) is 7.12. The van der Waals surface area contributed by atoms with Gasteiger partial charge in [-0.3, -0.25) is 15.1 Å². The van der Waals surface area contributed by atoms with E-state index in [4.69, 9.17) is 10.6 Å². The van der Waals surface area contributed by atoms with Crippen LogP contribution in [0.25, 0.3) is 0 Å². The zero-order valence-corrected chi connectivity index (χ0v) is 12.2. The molecule has 2 aromatic rings. The van der Waals surface area contributed by atoms with E-state index in [0.29, 0.717) is 11.1 Å². The number of oxime groups is 1. The standard InChI is InChI=1S/C15H14N4O4/c1-10(11-4-6-13(7-5-11)19(21)22)15(20)23-18-14(16)12-3-2-8-17-9-12/h2-10H,1H3,(H2,16,18)/t10-/m1/s1. The van der Waals surface area contributed by atoms with E-state index < -0.39 is 16.8 Å². The van der Waals surface area contributed by atoms with Gasteiger partial charge in [0.05, 0.1) is 10.8 Å². The van der Waals surface area contributed by atoms with Crippen molar-refractivity contribution in [1.29, 1.82) is 0 Å². The molecular formula is C15H14N4O4. The van der Waals surface area contributed by atoms with Crippen LogP contribution in [0.5, 0.6) is 0 Å². The molecule has 0 amide bonds.